The Labute approximate surface area is 156 Å². The van der Waals surface area contributed by atoms with E-state index in [1.807, 2.05) is 11.0 Å². The van der Waals surface area contributed by atoms with Gasteiger partial charge in [-0.3, -0.25) is 9.78 Å². The van der Waals surface area contributed by atoms with E-state index >= 15 is 0 Å². The van der Waals surface area contributed by atoms with Crippen LogP contribution in [-0.2, 0) is 0 Å². The van der Waals surface area contributed by atoms with Gasteiger partial charge in [0.05, 0.1) is 17.4 Å². The number of aromatic nitrogens is 1. The number of aryl methyl sites for hydroxylation is 1. The third-order valence-corrected chi connectivity index (χ3v) is 4.97. The van der Waals surface area contributed by atoms with Gasteiger partial charge in [0.1, 0.15) is 0 Å². The number of carbonyl (C=O) groups is 1. The van der Waals surface area contributed by atoms with Gasteiger partial charge < -0.3 is 15.1 Å². The van der Waals surface area contributed by atoms with Crippen molar-refractivity contribution in [1.82, 2.24) is 14.8 Å². The topological polar surface area (TPSA) is 48.5 Å². The van der Waals surface area contributed by atoms with Gasteiger partial charge >= 0.3 is 0 Å². The van der Waals surface area contributed by atoms with Crippen molar-refractivity contribution >= 4 is 17.3 Å². The summed E-state index contributed by atoms with van der Waals surface area (Å²) in [5.41, 5.74) is 5.04. The summed E-state index contributed by atoms with van der Waals surface area (Å²) in [5, 5.41) is 3.49. The summed E-state index contributed by atoms with van der Waals surface area (Å²) >= 11 is 0. The minimum Gasteiger partial charge on any atom is -0.354 e. The summed E-state index contributed by atoms with van der Waals surface area (Å²) in [6.45, 7) is 9.83. The Kier molecular flexibility index (Phi) is 5.57. The van der Waals surface area contributed by atoms with Gasteiger partial charge in [0, 0.05) is 38.1 Å². The maximum absolute atomic E-state index is 12.8. The summed E-state index contributed by atoms with van der Waals surface area (Å²) in [7, 11) is 2.09. The Morgan fingerprint density at radius 1 is 1.15 bits per heavy atom. The molecule has 1 N–H and O–H groups in total. The number of hydrogen-bond donors (Lipinski definition) is 1. The van der Waals surface area contributed by atoms with Gasteiger partial charge in [-0.1, -0.05) is 32.0 Å². The average molecular weight is 352 g/mol. The minimum absolute atomic E-state index is 0.0584. The molecule has 1 aromatic carbocycles. The lowest BCUT2D eigenvalue weighted by molar-refractivity contribution is 0.0663. The third kappa shape index (κ3) is 4.05. The highest BCUT2D eigenvalue weighted by Crippen LogP contribution is 2.30. The van der Waals surface area contributed by atoms with Crippen LogP contribution in [0.3, 0.4) is 0 Å². The van der Waals surface area contributed by atoms with Crippen molar-refractivity contribution < 1.29 is 4.79 Å². The van der Waals surface area contributed by atoms with E-state index in [1.54, 1.807) is 12.4 Å². The van der Waals surface area contributed by atoms with Crippen LogP contribution in [-0.4, -0.2) is 53.9 Å². The Bertz CT molecular complexity index is 779. The van der Waals surface area contributed by atoms with Crippen molar-refractivity contribution in [1.29, 1.82) is 0 Å². The van der Waals surface area contributed by atoms with E-state index in [-0.39, 0.29) is 5.91 Å². The van der Waals surface area contributed by atoms with Gasteiger partial charge in [0.25, 0.3) is 5.91 Å². The predicted molar refractivity (Wildman–Crippen MR) is 106 cm³/mol. The molecule has 5 nitrogen and oxygen atoms in total. The molecule has 1 aliphatic rings. The number of anilines is 2. The number of carbonyl (C=O) groups excluding carboxylic acids is 1. The highest BCUT2D eigenvalue weighted by Gasteiger charge is 2.21. The van der Waals surface area contributed by atoms with E-state index in [9.17, 15) is 4.79 Å². The van der Waals surface area contributed by atoms with E-state index in [4.69, 9.17) is 0 Å². The number of benzene rings is 1. The summed E-state index contributed by atoms with van der Waals surface area (Å²) < 4.78 is 0. The van der Waals surface area contributed by atoms with Crippen LogP contribution in [0.1, 0.15) is 41.3 Å². The first kappa shape index (κ1) is 18.4. The first-order valence-electron chi connectivity index (χ1n) is 9.25. The summed E-state index contributed by atoms with van der Waals surface area (Å²) in [5.74, 6) is 0.476. The van der Waals surface area contributed by atoms with Crippen LogP contribution in [0.5, 0.6) is 0 Å². The molecule has 1 saturated heterocycles. The van der Waals surface area contributed by atoms with Crippen LogP contribution >= 0.6 is 0 Å². The van der Waals surface area contributed by atoms with Crippen molar-refractivity contribution in [2.45, 2.75) is 26.7 Å². The molecule has 0 bridgehead atoms. The normalized spacial score (nSPS) is 15.3. The Morgan fingerprint density at radius 3 is 2.58 bits per heavy atom. The number of rotatable bonds is 4. The van der Waals surface area contributed by atoms with Gasteiger partial charge in [-0.25, -0.2) is 0 Å². The molecule has 1 fully saturated rings. The van der Waals surface area contributed by atoms with Gasteiger partial charge in [-0.05, 0) is 37.1 Å². The SMILES string of the molecule is Cc1cccc(C(C)C)c1Nc1cncc(C(=O)N2CCN(C)CC2)c1. The van der Waals surface area contributed by atoms with E-state index in [0.29, 0.717) is 11.5 Å². The van der Waals surface area contributed by atoms with E-state index in [0.717, 1.165) is 37.6 Å². The number of likely N-dealkylation sites (N-methyl/N-ethyl adjacent to an activating group) is 1. The largest absolute Gasteiger partial charge is 0.354 e. The lowest BCUT2D eigenvalue weighted by Gasteiger charge is -2.32. The van der Waals surface area contributed by atoms with E-state index in [2.05, 4.69) is 61.2 Å². The lowest BCUT2D eigenvalue weighted by atomic mass is 9.98. The molecule has 2 aromatic rings. The fraction of sp³-hybridized carbons (Fsp3) is 0.429. The monoisotopic (exact) mass is 352 g/mol. The van der Waals surface area contributed by atoms with Crippen LogP contribution in [0.2, 0.25) is 0 Å². The zero-order valence-corrected chi connectivity index (χ0v) is 16.1. The maximum atomic E-state index is 12.8. The first-order valence-corrected chi connectivity index (χ1v) is 9.25. The Hall–Kier alpha value is -2.40. The molecule has 0 aliphatic carbocycles. The zero-order chi connectivity index (χ0) is 18.7. The van der Waals surface area contributed by atoms with E-state index in [1.165, 1.54) is 11.1 Å². The van der Waals surface area contributed by atoms with Crippen molar-refractivity contribution in [3.63, 3.8) is 0 Å². The highest BCUT2D eigenvalue weighted by atomic mass is 16.2. The summed E-state index contributed by atoms with van der Waals surface area (Å²) in [4.78, 5) is 21.2. The number of hydrogen-bond acceptors (Lipinski definition) is 4. The second kappa shape index (κ2) is 7.87. The number of amides is 1. The molecular formula is C21H28N4O. The van der Waals surface area contributed by atoms with Crippen molar-refractivity contribution in [3.8, 4) is 0 Å². The fourth-order valence-electron chi connectivity index (χ4n) is 3.30. The Balaban J connectivity index is 1.81. The van der Waals surface area contributed by atoms with E-state index < -0.39 is 0 Å². The number of nitrogens with one attached hydrogen (secondary N) is 1. The molecule has 2 heterocycles. The third-order valence-electron chi connectivity index (χ3n) is 4.97. The maximum Gasteiger partial charge on any atom is 0.255 e. The van der Waals surface area contributed by atoms with Gasteiger partial charge in [-0.15, -0.1) is 0 Å². The molecule has 1 aliphatic heterocycles. The predicted octanol–water partition coefficient (Wildman–Crippen LogP) is 3.64. The second-order valence-electron chi connectivity index (χ2n) is 7.38. The van der Waals surface area contributed by atoms with Crippen molar-refractivity contribution in [2.75, 3.05) is 38.5 Å². The number of nitrogens with zero attached hydrogens (tertiary/aromatic N) is 3. The minimum atomic E-state index is 0.0584. The highest BCUT2D eigenvalue weighted by molar-refractivity contribution is 5.95. The number of para-hydroxylation sites is 1. The fourth-order valence-corrected chi connectivity index (χ4v) is 3.30. The number of piperazine rings is 1. The Morgan fingerprint density at radius 2 is 1.88 bits per heavy atom. The standard InChI is InChI=1S/C21H28N4O/c1-15(2)19-7-5-6-16(3)20(19)23-18-12-17(13-22-14-18)21(26)25-10-8-24(4)9-11-25/h5-7,12-15,23H,8-11H2,1-4H3. The van der Waals surface area contributed by atoms with Gasteiger partial charge in [-0.2, -0.15) is 0 Å². The van der Waals surface area contributed by atoms with Crippen LogP contribution in [0.25, 0.3) is 0 Å². The van der Waals surface area contributed by atoms with Crippen molar-refractivity contribution in [3.05, 3.63) is 53.3 Å². The smallest absolute Gasteiger partial charge is 0.255 e. The molecule has 0 saturated carbocycles. The van der Waals surface area contributed by atoms with Crippen LogP contribution in [0, 0.1) is 6.92 Å². The van der Waals surface area contributed by atoms with Crippen LogP contribution < -0.4 is 5.32 Å². The molecule has 0 unspecified atom stereocenters. The summed E-state index contributed by atoms with van der Waals surface area (Å²) in [6, 6.07) is 8.24. The quantitative estimate of drug-likeness (QED) is 0.913. The zero-order valence-electron chi connectivity index (χ0n) is 16.1. The average Bonchev–Trinajstić information content (AvgIpc) is 2.63. The molecule has 0 atom stereocenters. The van der Waals surface area contributed by atoms with Crippen LogP contribution in [0.15, 0.2) is 36.7 Å². The number of pyridine rings is 1. The summed E-state index contributed by atoms with van der Waals surface area (Å²) in [6.07, 6.45) is 3.43. The van der Waals surface area contributed by atoms with Gasteiger partial charge in [0.2, 0.25) is 0 Å². The molecule has 26 heavy (non-hydrogen) atoms. The van der Waals surface area contributed by atoms with Crippen molar-refractivity contribution in [2.24, 2.45) is 0 Å². The molecule has 3 rings (SSSR count). The molecule has 1 aromatic heterocycles. The molecule has 0 spiro atoms. The molecule has 1 amide bonds. The van der Waals surface area contributed by atoms with Crippen LogP contribution in [0.4, 0.5) is 11.4 Å². The molecule has 5 heteroatoms. The molecular weight excluding hydrogens is 324 g/mol. The molecule has 138 valence electrons. The molecule has 0 radical (unpaired) electrons. The van der Waals surface area contributed by atoms with Gasteiger partial charge in [0.15, 0.2) is 0 Å². The lowest BCUT2D eigenvalue weighted by Crippen LogP contribution is -2.47. The first-order chi connectivity index (χ1) is 12.5. The second-order valence-corrected chi connectivity index (χ2v) is 7.38.